The summed E-state index contributed by atoms with van der Waals surface area (Å²) in [5.74, 6) is -2.72. The molecule has 25 heavy (non-hydrogen) atoms. The van der Waals surface area contributed by atoms with Crippen LogP contribution in [0.15, 0.2) is 48.5 Å². The van der Waals surface area contributed by atoms with Crippen molar-refractivity contribution >= 4 is 17.8 Å². The Balaban J connectivity index is 2.12. The minimum atomic E-state index is -1.24. The number of amides is 1. The van der Waals surface area contributed by atoms with Gasteiger partial charge in [-0.1, -0.05) is 18.2 Å². The van der Waals surface area contributed by atoms with E-state index in [1.165, 1.54) is 49.4 Å². The van der Waals surface area contributed by atoms with Crippen molar-refractivity contribution in [3.63, 3.8) is 0 Å². The standard InChI is InChI=1S/C18H16FNO5/c1-11(21)25-15-7-3-5-13(10-15)17(22)20-16(18(23)24)9-12-4-2-6-14(19)8-12/h2-8,10,16H,9H2,1H3,(H,20,22)(H,23,24)/t16-/m0/s1. The van der Waals surface area contributed by atoms with Gasteiger partial charge < -0.3 is 15.2 Å². The van der Waals surface area contributed by atoms with Gasteiger partial charge in [-0.3, -0.25) is 9.59 Å². The molecule has 0 saturated carbocycles. The first-order chi connectivity index (χ1) is 11.8. The Bertz CT molecular complexity index is 806. The van der Waals surface area contributed by atoms with Gasteiger partial charge in [0.15, 0.2) is 0 Å². The molecule has 130 valence electrons. The van der Waals surface area contributed by atoms with Crippen molar-refractivity contribution in [1.82, 2.24) is 5.32 Å². The fourth-order valence-electron chi connectivity index (χ4n) is 2.21. The Labute approximate surface area is 143 Å². The van der Waals surface area contributed by atoms with E-state index in [0.717, 1.165) is 0 Å². The number of nitrogens with one attached hydrogen (secondary N) is 1. The molecule has 1 amide bonds. The van der Waals surface area contributed by atoms with Crippen molar-refractivity contribution in [2.75, 3.05) is 0 Å². The van der Waals surface area contributed by atoms with Crippen LogP contribution in [-0.4, -0.2) is 29.0 Å². The van der Waals surface area contributed by atoms with Gasteiger partial charge in [0.2, 0.25) is 0 Å². The number of hydrogen-bond acceptors (Lipinski definition) is 4. The summed E-state index contributed by atoms with van der Waals surface area (Å²) in [5, 5.41) is 11.7. The van der Waals surface area contributed by atoms with Crippen LogP contribution in [0.3, 0.4) is 0 Å². The zero-order valence-electron chi connectivity index (χ0n) is 13.4. The van der Waals surface area contributed by atoms with E-state index in [1.54, 1.807) is 6.07 Å². The molecule has 0 bridgehead atoms. The van der Waals surface area contributed by atoms with Gasteiger partial charge in [-0.2, -0.15) is 0 Å². The SMILES string of the molecule is CC(=O)Oc1cccc(C(=O)N[C@@H](Cc2cccc(F)c2)C(=O)O)c1. The molecule has 0 aliphatic rings. The van der Waals surface area contributed by atoms with E-state index >= 15 is 0 Å². The molecule has 1 atom stereocenters. The number of halogens is 1. The van der Waals surface area contributed by atoms with Crippen LogP contribution in [0, 0.1) is 5.82 Å². The molecule has 0 radical (unpaired) electrons. The van der Waals surface area contributed by atoms with Crippen LogP contribution in [0.25, 0.3) is 0 Å². The fraction of sp³-hybridized carbons (Fsp3) is 0.167. The van der Waals surface area contributed by atoms with Gasteiger partial charge in [-0.05, 0) is 35.9 Å². The third kappa shape index (κ3) is 5.42. The van der Waals surface area contributed by atoms with Crippen LogP contribution < -0.4 is 10.1 Å². The van der Waals surface area contributed by atoms with E-state index in [0.29, 0.717) is 5.56 Å². The predicted molar refractivity (Wildman–Crippen MR) is 86.7 cm³/mol. The van der Waals surface area contributed by atoms with Crippen LogP contribution in [0.2, 0.25) is 0 Å². The largest absolute Gasteiger partial charge is 0.480 e. The highest BCUT2D eigenvalue weighted by atomic mass is 19.1. The number of ether oxygens (including phenoxy) is 1. The van der Waals surface area contributed by atoms with Crippen LogP contribution >= 0.6 is 0 Å². The van der Waals surface area contributed by atoms with Gasteiger partial charge in [0.1, 0.15) is 17.6 Å². The summed E-state index contributed by atoms with van der Waals surface area (Å²) in [6, 6.07) is 10.1. The van der Waals surface area contributed by atoms with Gasteiger partial charge in [0.25, 0.3) is 5.91 Å². The molecule has 0 aromatic heterocycles. The van der Waals surface area contributed by atoms with Crippen molar-refractivity contribution < 1.29 is 28.6 Å². The smallest absolute Gasteiger partial charge is 0.326 e. The summed E-state index contributed by atoms with van der Waals surface area (Å²) in [6.07, 6.45) is -0.0670. The van der Waals surface area contributed by atoms with Crippen molar-refractivity contribution in [1.29, 1.82) is 0 Å². The van der Waals surface area contributed by atoms with Crippen LogP contribution in [0.5, 0.6) is 5.75 Å². The van der Waals surface area contributed by atoms with E-state index < -0.39 is 29.7 Å². The average molecular weight is 345 g/mol. The molecule has 2 aromatic carbocycles. The molecule has 0 aliphatic carbocycles. The Morgan fingerprint density at radius 1 is 1.16 bits per heavy atom. The maximum atomic E-state index is 13.2. The fourth-order valence-corrected chi connectivity index (χ4v) is 2.21. The highest BCUT2D eigenvalue weighted by Crippen LogP contribution is 2.14. The predicted octanol–water partition coefficient (Wildman–Crippen LogP) is 2.18. The number of rotatable bonds is 6. The Hall–Kier alpha value is -3.22. The van der Waals surface area contributed by atoms with Crippen LogP contribution in [-0.2, 0) is 16.0 Å². The Kier molecular flexibility index (Phi) is 5.84. The lowest BCUT2D eigenvalue weighted by molar-refractivity contribution is -0.139. The molecule has 0 unspecified atom stereocenters. The lowest BCUT2D eigenvalue weighted by Crippen LogP contribution is -2.42. The first-order valence-electron chi connectivity index (χ1n) is 7.42. The lowest BCUT2D eigenvalue weighted by Gasteiger charge is -2.15. The van der Waals surface area contributed by atoms with Crippen molar-refractivity contribution in [3.05, 3.63) is 65.5 Å². The van der Waals surface area contributed by atoms with Gasteiger partial charge in [0, 0.05) is 18.9 Å². The molecule has 7 heteroatoms. The minimum Gasteiger partial charge on any atom is -0.480 e. The van der Waals surface area contributed by atoms with E-state index in [9.17, 15) is 23.9 Å². The number of carbonyl (C=O) groups is 3. The number of hydrogen-bond donors (Lipinski definition) is 2. The lowest BCUT2D eigenvalue weighted by atomic mass is 10.1. The molecule has 0 saturated heterocycles. The molecular formula is C18H16FNO5. The Morgan fingerprint density at radius 3 is 2.52 bits per heavy atom. The van der Waals surface area contributed by atoms with Crippen LogP contribution in [0.4, 0.5) is 4.39 Å². The molecule has 0 fully saturated rings. The van der Waals surface area contributed by atoms with Crippen LogP contribution in [0.1, 0.15) is 22.8 Å². The average Bonchev–Trinajstić information content (AvgIpc) is 2.53. The van der Waals surface area contributed by atoms with Gasteiger partial charge >= 0.3 is 11.9 Å². The molecular weight excluding hydrogens is 329 g/mol. The summed E-state index contributed by atoms with van der Waals surface area (Å²) < 4.78 is 18.1. The second-order valence-electron chi connectivity index (χ2n) is 5.32. The second-order valence-corrected chi connectivity index (χ2v) is 5.32. The van der Waals surface area contributed by atoms with Crippen molar-refractivity contribution in [2.24, 2.45) is 0 Å². The van der Waals surface area contributed by atoms with Crippen molar-refractivity contribution in [3.8, 4) is 5.75 Å². The van der Waals surface area contributed by atoms with E-state index in [-0.39, 0.29) is 17.7 Å². The maximum Gasteiger partial charge on any atom is 0.326 e. The first kappa shape index (κ1) is 18.1. The van der Waals surface area contributed by atoms with Gasteiger partial charge in [-0.25, -0.2) is 9.18 Å². The third-order valence-corrected chi connectivity index (χ3v) is 3.29. The number of esters is 1. The van der Waals surface area contributed by atoms with Crippen molar-refractivity contribution in [2.45, 2.75) is 19.4 Å². The first-order valence-corrected chi connectivity index (χ1v) is 7.42. The Morgan fingerprint density at radius 2 is 1.88 bits per heavy atom. The number of aliphatic carboxylic acids is 1. The minimum absolute atomic E-state index is 0.0670. The third-order valence-electron chi connectivity index (χ3n) is 3.29. The maximum absolute atomic E-state index is 13.2. The summed E-state index contributed by atoms with van der Waals surface area (Å²) >= 11 is 0. The normalized spacial score (nSPS) is 11.4. The quantitative estimate of drug-likeness (QED) is 0.618. The molecule has 0 aliphatic heterocycles. The zero-order chi connectivity index (χ0) is 18.4. The van der Waals surface area contributed by atoms with Gasteiger partial charge in [0.05, 0.1) is 0 Å². The van der Waals surface area contributed by atoms with Gasteiger partial charge in [-0.15, -0.1) is 0 Å². The number of benzene rings is 2. The number of carboxylic acid groups (broad SMARTS) is 1. The van der Waals surface area contributed by atoms with E-state index in [4.69, 9.17) is 4.74 Å². The summed E-state index contributed by atoms with van der Waals surface area (Å²) in [4.78, 5) is 34.6. The highest BCUT2D eigenvalue weighted by molar-refractivity contribution is 5.97. The summed E-state index contributed by atoms with van der Waals surface area (Å²) in [6.45, 7) is 1.23. The molecule has 2 N–H and O–H groups in total. The molecule has 2 aromatic rings. The van der Waals surface area contributed by atoms with E-state index in [1.807, 2.05) is 0 Å². The zero-order valence-corrected chi connectivity index (χ0v) is 13.4. The molecule has 2 rings (SSSR count). The summed E-state index contributed by atoms with van der Waals surface area (Å²) in [7, 11) is 0. The molecule has 0 heterocycles. The molecule has 6 nitrogen and oxygen atoms in total. The monoisotopic (exact) mass is 345 g/mol. The molecule has 0 spiro atoms. The number of carbonyl (C=O) groups excluding carboxylic acids is 2. The summed E-state index contributed by atoms with van der Waals surface area (Å²) in [5.41, 5.74) is 0.589. The second kappa shape index (κ2) is 8.05. The van der Waals surface area contributed by atoms with E-state index in [2.05, 4.69) is 5.32 Å². The highest BCUT2D eigenvalue weighted by Gasteiger charge is 2.21. The number of carboxylic acids is 1. The topological polar surface area (TPSA) is 92.7 Å².